The molecule has 39 heavy (non-hydrogen) atoms. The summed E-state index contributed by atoms with van der Waals surface area (Å²) in [4.78, 5) is 27.9. The van der Waals surface area contributed by atoms with Crippen molar-refractivity contribution >= 4 is 39.3 Å². The predicted molar refractivity (Wildman–Crippen MR) is 147 cm³/mol. The molecule has 0 aliphatic carbocycles. The Morgan fingerprint density at radius 3 is 2.21 bits per heavy atom. The molecule has 2 amide bonds. The molecule has 1 fully saturated rings. The number of nitrogens with one attached hydrogen (secondary N) is 2. The largest absolute Gasteiger partial charge is 0.444 e. The molecule has 0 unspecified atom stereocenters. The lowest BCUT2D eigenvalue weighted by molar-refractivity contribution is -0.138. The summed E-state index contributed by atoms with van der Waals surface area (Å²) in [5, 5.41) is 5.04. The van der Waals surface area contributed by atoms with Crippen molar-refractivity contribution in [3.63, 3.8) is 0 Å². The first-order valence-corrected chi connectivity index (χ1v) is 13.4. The Bertz CT molecular complexity index is 1130. The lowest BCUT2D eigenvalue weighted by atomic mass is 10.0. The molecule has 0 spiro atoms. The topological polar surface area (TPSA) is 73.9 Å². The van der Waals surface area contributed by atoms with E-state index in [1.165, 1.54) is 24.3 Å². The summed E-state index contributed by atoms with van der Waals surface area (Å²) in [5.41, 5.74) is -1.35. The Hall–Kier alpha value is -2.86. The van der Waals surface area contributed by atoms with Gasteiger partial charge in [0.15, 0.2) is 0 Å². The average Bonchev–Trinajstić information content (AvgIpc) is 2.84. The number of nitrogens with zero attached hydrogens (tertiary/aromatic N) is 2. The van der Waals surface area contributed by atoms with Crippen LogP contribution in [-0.2, 0) is 22.3 Å². The first kappa shape index (κ1) is 32.4. The molecule has 0 atom stereocenters. The molecular weight excluding hydrogens is 584 g/mol. The Morgan fingerprint density at radius 1 is 1.00 bits per heavy atom. The maximum absolute atomic E-state index is 13.9. The van der Waals surface area contributed by atoms with Crippen LogP contribution in [0.1, 0.15) is 45.7 Å². The molecular formula is C27H35BrF4N4O3. The van der Waals surface area contributed by atoms with E-state index < -0.39 is 35.2 Å². The molecule has 1 aliphatic rings. The number of ether oxygens (including phenoxy) is 1. The number of carbonyl (C=O) groups excluding carboxylic acids is 2. The fourth-order valence-electron chi connectivity index (χ4n) is 3.73. The quantitative estimate of drug-likeness (QED) is 0.351. The van der Waals surface area contributed by atoms with Crippen molar-refractivity contribution in [3.8, 4) is 0 Å². The number of rotatable bonds is 6. The molecule has 0 saturated carbocycles. The van der Waals surface area contributed by atoms with Gasteiger partial charge in [-0.2, -0.15) is 13.2 Å². The van der Waals surface area contributed by atoms with Gasteiger partial charge in [0.2, 0.25) is 5.91 Å². The van der Waals surface area contributed by atoms with Crippen LogP contribution in [0.2, 0.25) is 0 Å². The Labute approximate surface area is 235 Å². The Morgan fingerprint density at radius 2 is 1.64 bits per heavy atom. The van der Waals surface area contributed by atoms with E-state index in [0.29, 0.717) is 30.7 Å². The number of benzene rings is 2. The highest BCUT2D eigenvalue weighted by molar-refractivity contribution is 9.10. The lowest BCUT2D eigenvalue weighted by Gasteiger charge is -2.36. The van der Waals surface area contributed by atoms with E-state index in [0.717, 1.165) is 6.07 Å². The number of hydrogen-bond donors (Lipinski definition) is 2. The van der Waals surface area contributed by atoms with Crippen LogP contribution in [0.15, 0.2) is 40.9 Å². The highest BCUT2D eigenvalue weighted by Crippen LogP contribution is 2.34. The number of amides is 2. The summed E-state index contributed by atoms with van der Waals surface area (Å²) in [6, 6.07) is 7.89. The van der Waals surface area contributed by atoms with Crippen molar-refractivity contribution in [1.82, 2.24) is 9.80 Å². The first-order chi connectivity index (χ1) is 18.2. The third-order valence-electron chi connectivity index (χ3n) is 5.49. The summed E-state index contributed by atoms with van der Waals surface area (Å²) in [6.45, 7) is 10.5. The van der Waals surface area contributed by atoms with Gasteiger partial charge in [0.25, 0.3) is 0 Å². The van der Waals surface area contributed by atoms with Crippen molar-refractivity contribution in [2.24, 2.45) is 0 Å². The molecule has 0 aromatic heterocycles. The maximum atomic E-state index is 13.9. The molecule has 3 rings (SSSR count). The molecule has 1 heterocycles. The van der Waals surface area contributed by atoms with E-state index in [9.17, 15) is 27.2 Å². The second-order valence-electron chi connectivity index (χ2n) is 9.64. The van der Waals surface area contributed by atoms with E-state index in [4.69, 9.17) is 4.74 Å². The summed E-state index contributed by atoms with van der Waals surface area (Å²) < 4.78 is 61.3. The maximum Gasteiger partial charge on any atom is 0.416 e. The minimum absolute atomic E-state index is 0.0195. The van der Waals surface area contributed by atoms with Gasteiger partial charge in [-0.15, -0.1) is 0 Å². The zero-order valence-corrected chi connectivity index (χ0v) is 24.3. The van der Waals surface area contributed by atoms with Gasteiger partial charge < -0.3 is 20.3 Å². The standard InChI is InChI=1S/C25H29BrF4N4O3.C2H6/c1-24(2,3)37-23(36)34-10-8-33(9-11-34)15-16-4-6-18(13-19(16)25(28,29)30)32-22(35)14-31-21-7-5-17(26)12-20(21)27;1-2/h4-7,12-13,31H,8-11,14-15H2,1-3H3,(H,32,35);1-2H3. The van der Waals surface area contributed by atoms with Crippen molar-refractivity contribution < 1.29 is 31.9 Å². The minimum atomic E-state index is -4.63. The second-order valence-corrected chi connectivity index (χ2v) is 10.6. The SMILES string of the molecule is CC.CC(C)(C)OC(=O)N1CCN(Cc2ccc(NC(=O)CNc3ccc(Br)cc3F)cc2C(F)(F)F)CC1. The number of piperazine rings is 1. The van der Waals surface area contributed by atoms with E-state index in [1.54, 1.807) is 31.7 Å². The normalized spacial score (nSPS) is 14.3. The highest BCUT2D eigenvalue weighted by Gasteiger charge is 2.35. The molecule has 12 heteroatoms. The Kier molecular flexibility index (Phi) is 11.6. The number of anilines is 2. The molecule has 2 aromatic carbocycles. The number of halogens is 5. The van der Waals surface area contributed by atoms with Gasteiger partial charge >= 0.3 is 12.3 Å². The summed E-state index contributed by atoms with van der Waals surface area (Å²) in [7, 11) is 0. The Balaban J connectivity index is 0.00000260. The van der Waals surface area contributed by atoms with Crippen LogP contribution in [0.4, 0.5) is 33.7 Å². The third-order valence-corrected chi connectivity index (χ3v) is 5.98. The monoisotopic (exact) mass is 618 g/mol. The van der Waals surface area contributed by atoms with E-state index in [1.807, 2.05) is 18.7 Å². The van der Waals surface area contributed by atoms with Crippen LogP contribution in [-0.4, -0.2) is 60.1 Å². The van der Waals surface area contributed by atoms with Gasteiger partial charge in [-0.05, 0) is 56.7 Å². The molecule has 0 bridgehead atoms. The van der Waals surface area contributed by atoms with Crippen molar-refractivity contribution in [3.05, 3.63) is 57.8 Å². The molecule has 0 radical (unpaired) electrons. The fraction of sp³-hybridized carbons (Fsp3) is 0.481. The summed E-state index contributed by atoms with van der Waals surface area (Å²) in [6.07, 6.45) is -5.08. The zero-order chi connectivity index (χ0) is 29.4. The van der Waals surface area contributed by atoms with Gasteiger partial charge in [0, 0.05) is 42.9 Å². The van der Waals surface area contributed by atoms with Crippen molar-refractivity contribution in [2.75, 3.05) is 43.4 Å². The van der Waals surface area contributed by atoms with Gasteiger partial charge in [0.05, 0.1) is 17.8 Å². The van der Waals surface area contributed by atoms with Crippen LogP contribution in [0, 0.1) is 5.82 Å². The minimum Gasteiger partial charge on any atom is -0.444 e. The predicted octanol–water partition coefficient (Wildman–Crippen LogP) is 6.74. The molecule has 1 saturated heterocycles. The van der Waals surface area contributed by atoms with Crippen LogP contribution >= 0.6 is 15.9 Å². The summed E-state index contributed by atoms with van der Waals surface area (Å²) >= 11 is 3.14. The van der Waals surface area contributed by atoms with Crippen molar-refractivity contribution in [2.45, 2.75) is 52.9 Å². The second kappa shape index (κ2) is 14.0. The van der Waals surface area contributed by atoms with Crippen molar-refractivity contribution in [1.29, 1.82) is 0 Å². The van der Waals surface area contributed by atoms with Crippen LogP contribution < -0.4 is 10.6 Å². The molecule has 2 aromatic rings. The third kappa shape index (κ3) is 10.3. The number of hydrogen-bond acceptors (Lipinski definition) is 5. The van der Waals surface area contributed by atoms with Gasteiger partial charge in [-0.1, -0.05) is 35.8 Å². The van der Waals surface area contributed by atoms with E-state index >= 15 is 0 Å². The zero-order valence-electron chi connectivity index (χ0n) is 22.7. The lowest BCUT2D eigenvalue weighted by Crippen LogP contribution is -2.49. The van der Waals surface area contributed by atoms with E-state index in [2.05, 4.69) is 26.6 Å². The average molecular weight is 619 g/mol. The number of carbonyl (C=O) groups is 2. The van der Waals surface area contributed by atoms with Crippen LogP contribution in [0.5, 0.6) is 0 Å². The van der Waals surface area contributed by atoms with Crippen LogP contribution in [0.25, 0.3) is 0 Å². The van der Waals surface area contributed by atoms with Crippen LogP contribution in [0.3, 0.4) is 0 Å². The number of alkyl halides is 3. The van der Waals surface area contributed by atoms with Gasteiger partial charge in [-0.25, -0.2) is 9.18 Å². The summed E-state index contributed by atoms with van der Waals surface area (Å²) in [5.74, 6) is -1.20. The molecule has 216 valence electrons. The van der Waals surface area contributed by atoms with E-state index in [-0.39, 0.29) is 30.0 Å². The first-order valence-electron chi connectivity index (χ1n) is 12.6. The highest BCUT2D eigenvalue weighted by atomic mass is 79.9. The molecule has 7 nitrogen and oxygen atoms in total. The van der Waals surface area contributed by atoms with Gasteiger partial charge in [-0.3, -0.25) is 9.69 Å². The molecule has 2 N–H and O–H groups in total. The molecule has 1 aliphatic heterocycles. The van der Waals surface area contributed by atoms with Gasteiger partial charge in [0.1, 0.15) is 11.4 Å². The fourth-order valence-corrected chi connectivity index (χ4v) is 4.06. The smallest absolute Gasteiger partial charge is 0.416 e.